The monoisotopic (exact) mass is 184 g/mol. The summed E-state index contributed by atoms with van der Waals surface area (Å²) in [4.78, 5) is 1.65. The van der Waals surface area contributed by atoms with Crippen LogP contribution in [-0.2, 0) is 11.3 Å². The van der Waals surface area contributed by atoms with E-state index in [9.17, 15) is 0 Å². The van der Waals surface area contributed by atoms with E-state index in [0.717, 1.165) is 26.3 Å². The first-order valence-electron chi connectivity index (χ1n) is 4.37. The lowest BCUT2D eigenvalue weighted by Gasteiger charge is -2.23. The largest absolute Gasteiger partial charge is 0.370 e. The first-order chi connectivity index (χ1) is 5.95. The Morgan fingerprint density at radius 1 is 1.42 bits per heavy atom. The smallest absolute Gasteiger partial charge is 0.104 e. The number of quaternary nitrogens is 1. The second kappa shape index (κ2) is 4.03. The van der Waals surface area contributed by atoms with Crippen molar-refractivity contribution in [2.75, 3.05) is 26.3 Å². The van der Waals surface area contributed by atoms with Gasteiger partial charge in [-0.1, -0.05) is 0 Å². The van der Waals surface area contributed by atoms with Crippen molar-refractivity contribution in [1.82, 2.24) is 0 Å². The van der Waals surface area contributed by atoms with Gasteiger partial charge in [0.05, 0.1) is 13.2 Å². The minimum absolute atomic E-state index is 0.930. The van der Waals surface area contributed by atoms with E-state index in [1.807, 2.05) is 0 Å². The summed E-state index contributed by atoms with van der Waals surface area (Å²) in [6, 6.07) is 2.22. The van der Waals surface area contributed by atoms with Gasteiger partial charge >= 0.3 is 0 Å². The molecule has 12 heavy (non-hydrogen) atoms. The fourth-order valence-corrected chi connectivity index (χ4v) is 2.19. The fraction of sp³-hybridized carbons (Fsp3) is 0.556. The summed E-state index contributed by atoms with van der Waals surface area (Å²) in [7, 11) is 0. The van der Waals surface area contributed by atoms with E-state index in [1.165, 1.54) is 12.1 Å². The molecule has 0 aromatic carbocycles. The van der Waals surface area contributed by atoms with Crippen molar-refractivity contribution in [2.45, 2.75) is 6.54 Å². The molecule has 0 amide bonds. The zero-order valence-corrected chi connectivity index (χ0v) is 7.90. The lowest BCUT2D eigenvalue weighted by atomic mass is 10.3. The van der Waals surface area contributed by atoms with Crippen LogP contribution in [0.1, 0.15) is 5.56 Å². The lowest BCUT2D eigenvalue weighted by molar-refractivity contribution is -0.921. The number of nitrogens with one attached hydrogen (secondary N) is 1. The zero-order chi connectivity index (χ0) is 8.23. The van der Waals surface area contributed by atoms with Crippen LogP contribution in [0.15, 0.2) is 16.8 Å². The van der Waals surface area contributed by atoms with Crippen LogP contribution in [-0.4, -0.2) is 26.3 Å². The lowest BCUT2D eigenvalue weighted by Crippen LogP contribution is -3.12. The maximum atomic E-state index is 5.30. The molecule has 3 heteroatoms. The molecule has 1 aromatic rings. The Balaban J connectivity index is 1.86. The first-order valence-corrected chi connectivity index (χ1v) is 5.32. The molecule has 0 aliphatic carbocycles. The van der Waals surface area contributed by atoms with Gasteiger partial charge in [-0.2, -0.15) is 11.3 Å². The summed E-state index contributed by atoms with van der Waals surface area (Å²) >= 11 is 1.78. The highest BCUT2D eigenvalue weighted by Crippen LogP contribution is 2.03. The highest BCUT2D eigenvalue weighted by Gasteiger charge is 2.13. The minimum atomic E-state index is 0.930. The fourth-order valence-electron chi connectivity index (χ4n) is 1.52. The Labute approximate surface area is 76.8 Å². The number of rotatable bonds is 2. The third-order valence-corrected chi connectivity index (χ3v) is 2.97. The quantitative estimate of drug-likeness (QED) is 0.691. The predicted molar refractivity (Wildman–Crippen MR) is 49.5 cm³/mol. The van der Waals surface area contributed by atoms with Crippen LogP contribution >= 0.6 is 11.3 Å². The van der Waals surface area contributed by atoms with E-state index in [-0.39, 0.29) is 0 Å². The van der Waals surface area contributed by atoms with E-state index in [2.05, 4.69) is 16.8 Å². The SMILES string of the molecule is c1cc(C[NH+]2CCOCC2)cs1. The van der Waals surface area contributed by atoms with Crippen LogP contribution in [0.2, 0.25) is 0 Å². The van der Waals surface area contributed by atoms with E-state index >= 15 is 0 Å². The number of morpholine rings is 1. The van der Waals surface area contributed by atoms with Crippen LogP contribution in [0.5, 0.6) is 0 Å². The Morgan fingerprint density at radius 2 is 2.25 bits per heavy atom. The Kier molecular flexibility index (Phi) is 2.76. The summed E-state index contributed by atoms with van der Waals surface area (Å²) in [5.74, 6) is 0. The van der Waals surface area contributed by atoms with E-state index in [1.54, 1.807) is 16.2 Å². The highest BCUT2D eigenvalue weighted by molar-refractivity contribution is 7.07. The Morgan fingerprint density at radius 3 is 2.92 bits per heavy atom. The van der Waals surface area contributed by atoms with Crippen molar-refractivity contribution < 1.29 is 9.64 Å². The number of ether oxygens (including phenoxy) is 1. The van der Waals surface area contributed by atoms with Crippen molar-refractivity contribution in [3.63, 3.8) is 0 Å². The Bertz CT molecular complexity index is 216. The van der Waals surface area contributed by atoms with Crippen molar-refractivity contribution in [1.29, 1.82) is 0 Å². The number of hydrogen-bond donors (Lipinski definition) is 1. The summed E-state index contributed by atoms with van der Waals surface area (Å²) in [6.07, 6.45) is 0. The molecular formula is C9H14NOS+. The molecule has 0 bridgehead atoms. The molecule has 2 heterocycles. The molecule has 66 valence electrons. The van der Waals surface area contributed by atoms with Crippen molar-refractivity contribution >= 4 is 11.3 Å². The second-order valence-corrected chi connectivity index (χ2v) is 3.95. The molecule has 1 aliphatic heterocycles. The highest BCUT2D eigenvalue weighted by atomic mass is 32.1. The van der Waals surface area contributed by atoms with Gasteiger partial charge in [0.2, 0.25) is 0 Å². The third kappa shape index (κ3) is 2.06. The molecule has 1 aliphatic rings. The average molecular weight is 184 g/mol. The van der Waals surface area contributed by atoms with E-state index in [4.69, 9.17) is 4.74 Å². The normalized spacial score (nSPS) is 19.7. The zero-order valence-electron chi connectivity index (χ0n) is 7.08. The van der Waals surface area contributed by atoms with Gasteiger partial charge in [-0.05, 0) is 16.8 Å². The van der Waals surface area contributed by atoms with Crippen molar-refractivity contribution in [3.05, 3.63) is 22.4 Å². The van der Waals surface area contributed by atoms with Gasteiger partial charge in [-0.15, -0.1) is 0 Å². The summed E-state index contributed by atoms with van der Waals surface area (Å²) in [6.45, 7) is 5.36. The van der Waals surface area contributed by atoms with Crippen LogP contribution in [0.3, 0.4) is 0 Å². The van der Waals surface area contributed by atoms with Gasteiger partial charge < -0.3 is 9.64 Å². The molecule has 1 aromatic heterocycles. The molecule has 2 nitrogen and oxygen atoms in total. The maximum absolute atomic E-state index is 5.30. The molecule has 1 N–H and O–H groups in total. The molecule has 0 spiro atoms. The van der Waals surface area contributed by atoms with E-state index < -0.39 is 0 Å². The van der Waals surface area contributed by atoms with Gasteiger partial charge in [-0.25, -0.2) is 0 Å². The summed E-state index contributed by atoms with van der Waals surface area (Å²) in [5.41, 5.74) is 1.47. The number of thiophene rings is 1. The van der Waals surface area contributed by atoms with Gasteiger partial charge in [0.1, 0.15) is 19.6 Å². The van der Waals surface area contributed by atoms with Crippen LogP contribution in [0.25, 0.3) is 0 Å². The van der Waals surface area contributed by atoms with Crippen LogP contribution in [0, 0.1) is 0 Å². The average Bonchev–Trinajstić information content (AvgIpc) is 2.59. The number of hydrogen-bond acceptors (Lipinski definition) is 2. The van der Waals surface area contributed by atoms with E-state index in [0.29, 0.717) is 0 Å². The summed E-state index contributed by atoms with van der Waals surface area (Å²) in [5, 5.41) is 4.39. The second-order valence-electron chi connectivity index (χ2n) is 3.17. The van der Waals surface area contributed by atoms with Gasteiger partial charge in [0.25, 0.3) is 0 Å². The predicted octanol–water partition coefficient (Wildman–Crippen LogP) is 0.163. The molecule has 0 unspecified atom stereocenters. The first kappa shape index (κ1) is 8.23. The van der Waals surface area contributed by atoms with Crippen molar-refractivity contribution in [3.8, 4) is 0 Å². The van der Waals surface area contributed by atoms with Crippen LogP contribution < -0.4 is 4.90 Å². The molecule has 0 radical (unpaired) electrons. The summed E-state index contributed by atoms with van der Waals surface area (Å²) < 4.78 is 5.30. The molecule has 2 rings (SSSR count). The van der Waals surface area contributed by atoms with Crippen LogP contribution in [0.4, 0.5) is 0 Å². The standard InChI is InChI=1S/C9H13NOS/c1-6-12-8-9(1)7-10-2-4-11-5-3-10/h1,6,8H,2-5,7H2/p+1. The molecular weight excluding hydrogens is 170 g/mol. The topological polar surface area (TPSA) is 13.7 Å². The molecule has 0 saturated carbocycles. The Hall–Kier alpha value is -0.380. The molecule has 1 fully saturated rings. The van der Waals surface area contributed by atoms with Gasteiger partial charge in [0, 0.05) is 5.56 Å². The van der Waals surface area contributed by atoms with Gasteiger partial charge in [0.15, 0.2) is 0 Å². The molecule has 0 atom stereocenters. The molecule has 1 saturated heterocycles. The maximum Gasteiger partial charge on any atom is 0.104 e. The van der Waals surface area contributed by atoms with Gasteiger partial charge in [-0.3, -0.25) is 0 Å². The minimum Gasteiger partial charge on any atom is -0.370 e. The third-order valence-electron chi connectivity index (χ3n) is 2.23. The van der Waals surface area contributed by atoms with Crippen molar-refractivity contribution in [2.24, 2.45) is 0 Å².